The second-order valence-electron chi connectivity index (χ2n) is 7.24. The normalized spacial score (nSPS) is 26.8. The van der Waals surface area contributed by atoms with E-state index in [1.165, 1.54) is 0 Å². The average molecular weight is 303 g/mol. The molecular weight excluding hydrogens is 278 g/mol. The highest BCUT2D eigenvalue weighted by molar-refractivity contribution is 6.74. The molecule has 0 aromatic heterocycles. The summed E-state index contributed by atoms with van der Waals surface area (Å²) in [6, 6.07) is 0. The van der Waals surface area contributed by atoms with Crippen LogP contribution in [-0.4, -0.2) is 26.4 Å². The molecule has 0 aromatic carbocycles. The van der Waals surface area contributed by atoms with Crippen LogP contribution in [-0.2, 0) is 9.22 Å². The van der Waals surface area contributed by atoms with E-state index >= 15 is 0 Å². The van der Waals surface area contributed by atoms with Crippen LogP contribution in [0.4, 0.5) is 0 Å². The van der Waals surface area contributed by atoms with Gasteiger partial charge < -0.3 is 4.43 Å². The maximum Gasteiger partial charge on any atom is 0.193 e. The summed E-state index contributed by atoms with van der Waals surface area (Å²) in [6.07, 6.45) is 6.82. The maximum atomic E-state index is 12.2. The van der Waals surface area contributed by atoms with E-state index in [9.17, 15) is 4.79 Å². The van der Waals surface area contributed by atoms with E-state index in [0.717, 1.165) is 24.1 Å². The summed E-state index contributed by atoms with van der Waals surface area (Å²) in [5.74, 6) is 0.00825. The number of aliphatic imine (C=N–C) groups is 1. The minimum absolute atomic E-state index is 0.00825. The smallest absolute Gasteiger partial charge is 0.193 e. The fourth-order valence-electron chi connectivity index (χ4n) is 2.21. The van der Waals surface area contributed by atoms with Gasteiger partial charge in [0, 0.05) is 6.21 Å². The van der Waals surface area contributed by atoms with Crippen LogP contribution < -0.4 is 0 Å². The predicted octanol–water partition coefficient (Wildman–Crippen LogP) is 4.19. The van der Waals surface area contributed by atoms with E-state index in [1.54, 1.807) is 6.08 Å². The largest absolute Gasteiger partial charge is 0.406 e. The van der Waals surface area contributed by atoms with Gasteiger partial charge in [-0.3, -0.25) is 9.79 Å². The van der Waals surface area contributed by atoms with Crippen LogP contribution in [0.25, 0.3) is 0 Å². The molecule has 114 valence electrons. The first kappa shape index (κ1) is 16.1. The van der Waals surface area contributed by atoms with Gasteiger partial charge in [-0.1, -0.05) is 27.4 Å². The van der Waals surface area contributed by atoms with Crippen LogP contribution in [0.5, 0.6) is 0 Å². The Morgan fingerprint density at radius 3 is 2.62 bits per heavy atom. The Labute approximate surface area is 128 Å². The molecule has 0 amide bonds. The molecule has 4 heteroatoms. The van der Waals surface area contributed by atoms with E-state index in [0.29, 0.717) is 5.57 Å². The number of nitrogens with zero attached hydrogens (tertiary/aromatic N) is 1. The van der Waals surface area contributed by atoms with Crippen LogP contribution in [0.15, 0.2) is 40.6 Å². The summed E-state index contributed by atoms with van der Waals surface area (Å²) in [5, 5.41) is 0.106. The van der Waals surface area contributed by atoms with Gasteiger partial charge in [0.2, 0.25) is 0 Å². The number of hydrogen-bond donors (Lipinski definition) is 0. The number of carbonyl (C=O) groups excluding carboxylic acids is 1. The van der Waals surface area contributed by atoms with Gasteiger partial charge >= 0.3 is 0 Å². The zero-order chi connectivity index (χ0) is 15.8. The molecule has 0 fully saturated rings. The van der Waals surface area contributed by atoms with Gasteiger partial charge in [0.25, 0.3) is 0 Å². The Kier molecular flexibility index (Phi) is 4.22. The first-order valence-electron chi connectivity index (χ1n) is 7.49. The molecule has 0 N–H and O–H groups in total. The van der Waals surface area contributed by atoms with Gasteiger partial charge in [-0.05, 0) is 48.7 Å². The third kappa shape index (κ3) is 3.16. The van der Waals surface area contributed by atoms with Crippen molar-refractivity contribution in [3.8, 4) is 0 Å². The quantitative estimate of drug-likeness (QED) is 0.566. The fourth-order valence-corrected chi connectivity index (χ4v) is 3.39. The standard InChI is InChI=1S/C17H25NO2Si/c1-12-8-7-11-18-16(12)15-13(19)9-10-14(15)20-21(5,6)17(2,3)4/h9-11,14H,1,7-8H2,2-6H3. The lowest BCUT2D eigenvalue weighted by Gasteiger charge is -2.38. The first-order chi connectivity index (χ1) is 9.63. The Bertz CT molecular complexity index is 562. The van der Waals surface area contributed by atoms with Gasteiger partial charge in [0.05, 0.1) is 17.4 Å². The highest BCUT2D eigenvalue weighted by Gasteiger charge is 2.41. The first-order valence-corrected chi connectivity index (χ1v) is 10.4. The molecule has 0 aromatic rings. The zero-order valence-electron chi connectivity index (χ0n) is 13.7. The molecule has 1 aliphatic heterocycles. The number of allylic oxidation sites excluding steroid dienone is 2. The van der Waals surface area contributed by atoms with Crippen LogP contribution >= 0.6 is 0 Å². The molecule has 1 aliphatic carbocycles. The molecule has 2 aliphatic rings. The zero-order valence-corrected chi connectivity index (χ0v) is 14.7. The van der Waals surface area contributed by atoms with Crippen LogP contribution in [0, 0.1) is 0 Å². The van der Waals surface area contributed by atoms with Gasteiger partial charge in [0.15, 0.2) is 14.1 Å². The van der Waals surface area contributed by atoms with E-state index in [-0.39, 0.29) is 16.9 Å². The van der Waals surface area contributed by atoms with E-state index in [1.807, 2.05) is 12.3 Å². The third-order valence-corrected chi connectivity index (χ3v) is 9.04. The molecule has 21 heavy (non-hydrogen) atoms. The number of carbonyl (C=O) groups is 1. The number of rotatable bonds is 2. The monoisotopic (exact) mass is 303 g/mol. The summed E-state index contributed by atoms with van der Waals surface area (Å²) in [6.45, 7) is 15.1. The molecule has 1 unspecified atom stereocenters. The second kappa shape index (κ2) is 5.50. The summed E-state index contributed by atoms with van der Waals surface area (Å²) in [4.78, 5) is 16.7. The van der Waals surface area contributed by atoms with Crippen molar-refractivity contribution in [1.29, 1.82) is 0 Å². The molecule has 2 rings (SSSR count). The SMILES string of the molecule is C=C1CCC=NC1=C1C(=O)C=CC1O[Si](C)(C)C(C)(C)C. The van der Waals surface area contributed by atoms with Crippen molar-refractivity contribution in [2.75, 3.05) is 0 Å². The molecule has 0 saturated heterocycles. The highest BCUT2D eigenvalue weighted by atomic mass is 28.4. The number of ketones is 1. The summed E-state index contributed by atoms with van der Waals surface area (Å²) in [5.41, 5.74) is 2.34. The van der Waals surface area contributed by atoms with Crippen molar-refractivity contribution in [2.45, 2.75) is 57.8 Å². The molecule has 1 heterocycles. The second-order valence-corrected chi connectivity index (χ2v) is 12.0. The van der Waals surface area contributed by atoms with Crippen molar-refractivity contribution in [1.82, 2.24) is 0 Å². The Morgan fingerprint density at radius 2 is 2.05 bits per heavy atom. The predicted molar refractivity (Wildman–Crippen MR) is 90.1 cm³/mol. The molecular formula is C17H25NO2Si. The lowest BCUT2D eigenvalue weighted by molar-refractivity contribution is -0.111. The third-order valence-electron chi connectivity index (χ3n) is 4.59. The fraction of sp³-hybridized carbons (Fsp3) is 0.529. The van der Waals surface area contributed by atoms with Gasteiger partial charge in [-0.15, -0.1) is 0 Å². The van der Waals surface area contributed by atoms with E-state index < -0.39 is 8.32 Å². The molecule has 0 spiro atoms. The lowest BCUT2D eigenvalue weighted by atomic mass is 9.99. The summed E-state index contributed by atoms with van der Waals surface area (Å²) < 4.78 is 6.41. The van der Waals surface area contributed by atoms with Crippen molar-refractivity contribution in [3.05, 3.63) is 35.6 Å². The van der Waals surface area contributed by atoms with Crippen molar-refractivity contribution >= 4 is 20.3 Å². The Balaban J connectivity index is 2.36. The van der Waals surface area contributed by atoms with Crippen molar-refractivity contribution < 1.29 is 9.22 Å². The van der Waals surface area contributed by atoms with Gasteiger partial charge in [-0.2, -0.15) is 0 Å². The summed E-state index contributed by atoms with van der Waals surface area (Å²) in [7, 11) is -1.95. The number of hydrogen-bond acceptors (Lipinski definition) is 3. The molecule has 1 atom stereocenters. The molecule has 0 bridgehead atoms. The summed E-state index contributed by atoms with van der Waals surface area (Å²) >= 11 is 0. The van der Waals surface area contributed by atoms with Crippen LogP contribution in [0.1, 0.15) is 33.6 Å². The van der Waals surface area contributed by atoms with E-state index in [4.69, 9.17) is 4.43 Å². The van der Waals surface area contributed by atoms with Crippen LogP contribution in [0.3, 0.4) is 0 Å². The Hall–Kier alpha value is -1.26. The Morgan fingerprint density at radius 1 is 1.38 bits per heavy atom. The topological polar surface area (TPSA) is 38.7 Å². The van der Waals surface area contributed by atoms with Gasteiger partial charge in [0.1, 0.15) is 0 Å². The molecule has 0 saturated carbocycles. The lowest BCUT2D eigenvalue weighted by Crippen LogP contribution is -2.44. The average Bonchev–Trinajstić information content (AvgIpc) is 2.69. The maximum absolute atomic E-state index is 12.2. The van der Waals surface area contributed by atoms with E-state index in [2.05, 4.69) is 45.4 Å². The van der Waals surface area contributed by atoms with Gasteiger partial charge in [-0.25, -0.2) is 0 Å². The minimum Gasteiger partial charge on any atom is -0.406 e. The molecule has 0 radical (unpaired) electrons. The highest BCUT2D eigenvalue weighted by Crippen LogP contribution is 2.40. The van der Waals surface area contributed by atoms with Crippen molar-refractivity contribution in [3.63, 3.8) is 0 Å². The van der Waals surface area contributed by atoms with Crippen LogP contribution in [0.2, 0.25) is 18.1 Å². The molecule has 3 nitrogen and oxygen atoms in total. The van der Waals surface area contributed by atoms with Crippen molar-refractivity contribution in [2.24, 2.45) is 4.99 Å². The minimum atomic E-state index is -1.95.